The Bertz CT molecular complexity index is 251. The predicted molar refractivity (Wildman–Crippen MR) is 33.0 cm³/mol. The van der Waals surface area contributed by atoms with Gasteiger partial charge in [-0.05, 0) is 21.4 Å². The first-order chi connectivity index (χ1) is 4.77. The minimum absolute atomic E-state index is 0.0352. The van der Waals surface area contributed by atoms with Gasteiger partial charge >= 0.3 is 12.6 Å². The fourth-order valence-electron chi connectivity index (χ4n) is 1.08. The third-order valence-corrected chi connectivity index (χ3v) is 1.54. The van der Waals surface area contributed by atoms with Gasteiger partial charge in [-0.3, -0.25) is 0 Å². The summed E-state index contributed by atoms with van der Waals surface area (Å²) < 4.78 is 3.63. The highest BCUT2D eigenvalue weighted by Gasteiger charge is 2.44. The summed E-state index contributed by atoms with van der Waals surface area (Å²) in [6, 6.07) is 0. The Balaban J connectivity index is 2.36. The van der Waals surface area contributed by atoms with Crippen LogP contribution in [0.15, 0.2) is 15.2 Å². The molecule has 0 N–H and O–H groups in total. The molecule has 52 valence electrons. The summed E-state index contributed by atoms with van der Waals surface area (Å²) >= 11 is 0. The molecule has 0 spiro atoms. The number of hydrogen-bond donors (Lipinski definition) is 0. The minimum atomic E-state index is 0.0352. The van der Waals surface area contributed by atoms with Gasteiger partial charge in [-0.1, -0.05) is 5.11 Å². The number of hydrogen-bond acceptors (Lipinski definition) is 3. The lowest BCUT2D eigenvalue weighted by Gasteiger charge is -2.10. The molecule has 2 heterocycles. The number of azo groups is 4. The van der Waals surface area contributed by atoms with Crippen LogP contribution in [0.25, 0.3) is 0 Å². The van der Waals surface area contributed by atoms with Gasteiger partial charge in [0.05, 0.1) is 0 Å². The van der Waals surface area contributed by atoms with Crippen molar-refractivity contribution < 1.29 is 9.39 Å². The second-order valence-electron chi connectivity index (χ2n) is 2.43. The van der Waals surface area contributed by atoms with Crippen LogP contribution in [0.3, 0.4) is 0 Å². The molecule has 0 aromatic heterocycles. The average Bonchev–Trinajstić information content (AvgIpc) is 1.77. The normalized spacial score (nSPS) is 35.8. The van der Waals surface area contributed by atoms with Crippen molar-refractivity contribution in [2.45, 2.75) is 19.4 Å². The van der Waals surface area contributed by atoms with E-state index >= 15 is 0 Å². The first-order valence-corrected chi connectivity index (χ1v) is 3.23. The van der Waals surface area contributed by atoms with E-state index in [2.05, 4.69) is 15.2 Å². The zero-order valence-corrected chi connectivity index (χ0v) is 5.97. The van der Waals surface area contributed by atoms with Gasteiger partial charge in [0.2, 0.25) is 6.17 Å². The molecule has 0 radical (unpaired) electrons. The van der Waals surface area contributed by atoms with Crippen molar-refractivity contribution in [3.63, 3.8) is 0 Å². The smallest absolute Gasteiger partial charge is 0.0794 e. The van der Waals surface area contributed by atoms with Crippen LogP contribution >= 0.6 is 0 Å². The maximum absolute atomic E-state index is 4.18. The Morgan fingerprint density at radius 2 is 2.20 bits per heavy atom. The molecule has 0 aliphatic carbocycles. The molecule has 0 bridgehead atoms. The van der Waals surface area contributed by atoms with Crippen LogP contribution in [-0.2, 0) is 0 Å². The topological polar surface area (TPSA) is 43.1 Å². The summed E-state index contributed by atoms with van der Waals surface area (Å²) in [7, 11) is 1.90. The molecule has 0 saturated carbocycles. The van der Waals surface area contributed by atoms with E-state index in [-0.39, 0.29) is 12.5 Å². The largest absolute Gasteiger partial charge is 0.518 e. The lowest BCUT2D eigenvalue weighted by molar-refractivity contribution is -0.806. The quantitative estimate of drug-likeness (QED) is 0.431. The molecule has 0 fully saturated rings. The molecule has 0 aromatic rings. The highest BCUT2D eigenvalue weighted by Crippen LogP contribution is 2.11. The van der Waals surface area contributed by atoms with E-state index in [1.807, 2.05) is 23.4 Å². The predicted octanol–water partition coefficient (Wildman–Crippen LogP) is 0.231. The molecule has 0 saturated heterocycles. The van der Waals surface area contributed by atoms with Crippen molar-refractivity contribution in [1.82, 2.24) is 0 Å². The van der Waals surface area contributed by atoms with Gasteiger partial charge < -0.3 is 0 Å². The second kappa shape index (κ2) is 1.68. The van der Waals surface area contributed by atoms with Gasteiger partial charge in [-0.2, -0.15) is 0 Å². The molecule has 2 aliphatic heterocycles. The maximum Gasteiger partial charge on any atom is 0.518 e. The molecule has 10 heavy (non-hydrogen) atoms. The van der Waals surface area contributed by atoms with Crippen LogP contribution in [0.2, 0.25) is 0 Å². The Morgan fingerprint density at radius 3 is 2.70 bits per heavy atom. The molecular weight excluding hydrogens is 130 g/mol. The standard InChI is InChI=1S/C5H9N5/c1-4-7-9(2)5-6-3-10(5)8-4/h3-5H,1-2H3/q+2. The number of nitrogens with zero attached hydrogens (tertiary/aromatic N) is 5. The fraction of sp³-hybridized carbons (Fsp3) is 0.800. The van der Waals surface area contributed by atoms with E-state index in [1.54, 1.807) is 6.34 Å². The third-order valence-electron chi connectivity index (χ3n) is 1.54. The first-order valence-electron chi connectivity index (χ1n) is 3.23. The molecule has 2 aliphatic rings. The average molecular weight is 139 g/mol. The molecule has 2 atom stereocenters. The van der Waals surface area contributed by atoms with Crippen molar-refractivity contribution in [2.24, 2.45) is 15.2 Å². The molecule has 2 unspecified atom stereocenters. The number of fused-ring (bicyclic) bond motifs is 1. The Kier molecular flexibility index (Phi) is 0.947. The summed E-state index contributed by atoms with van der Waals surface area (Å²) in [5.74, 6) is 0. The molecular formula is C5H9N5+2. The summed E-state index contributed by atoms with van der Waals surface area (Å²) in [6.07, 6.45) is 1.79. The lowest BCUT2D eigenvalue weighted by atomic mass is 10.6. The van der Waals surface area contributed by atoms with E-state index in [0.29, 0.717) is 0 Å². The van der Waals surface area contributed by atoms with Crippen LogP contribution in [-0.4, -0.2) is 35.2 Å². The summed E-state index contributed by atoms with van der Waals surface area (Å²) in [6.45, 7) is 1.94. The van der Waals surface area contributed by atoms with E-state index in [9.17, 15) is 0 Å². The van der Waals surface area contributed by atoms with Crippen LogP contribution in [0, 0.1) is 0 Å². The molecule has 0 aromatic carbocycles. The highest BCUT2D eigenvalue weighted by molar-refractivity contribution is 5.47. The van der Waals surface area contributed by atoms with Crippen molar-refractivity contribution in [3.05, 3.63) is 0 Å². The Morgan fingerprint density at radius 1 is 1.40 bits per heavy atom. The molecule has 2 rings (SSSR count). The van der Waals surface area contributed by atoms with Gasteiger partial charge in [-0.25, -0.2) is 0 Å². The second-order valence-corrected chi connectivity index (χ2v) is 2.43. The van der Waals surface area contributed by atoms with Gasteiger partial charge in [0.15, 0.2) is 7.05 Å². The molecule has 0 amide bonds. The van der Waals surface area contributed by atoms with Gasteiger partial charge in [0.25, 0.3) is 0 Å². The monoisotopic (exact) mass is 139 g/mol. The van der Waals surface area contributed by atoms with E-state index < -0.39 is 0 Å². The zero-order valence-electron chi connectivity index (χ0n) is 5.97. The first kappa shape index (κ1) is 5.64. The van der Waals surface area contributed by atoms with Crippen LogP contribution in [0.4, 0.5) is 0 Å². The Hall–Kier alpha value is -1.13. The zero-order chi connectivity index (χ0) is 7.14. The number of rotatable bonds is 0. The van der Waals surface area contributed by atoms with E-state index in [4.69, 9.17) is 0 Å². The van der Waals surface area contributed by atoms with E-state index in [0.717, 1.165) is 0 Å². The fourth-order valence-corrected chi connectivity index (χ4v) is 1.08. The maximum atomic E-state index is 4.18. The van der Waals surface area contributed by atoms with Crippen LogP contribution < -0.4 is 0 Å². The molecule has 5 nitrogen and oxygen atoms in total. The highest BCUT2D eigenvalue weighted by atomic mass is 15.6. The number of aliphatic imine (C=N–C) groups is 1. The van der Waals surface area contributed by atoms with Crippen LogP contribution in [0.1, 0.15) is 6.92 Å². The lowest BCUT2D eigenvalue weighted by Crippen LogP contribution is -2.43. The van der Waals surface area contributed by atoms with Crippen molar-refractivity contribution in [2.75, 3.05) is 7.05 Å². The van der Waals surface area contributed by atoms with Crippen molar-refractivity contribution in [3.8, 4) is 0 Å². The SMILES string of the molecule is CC1N=[N+](C)C2N=C[N+]2=N1. The van der Waals surface area contributed by atoms with Gasteiger partial charge in [0, 0.05) is 4.99 Å². The van der Waals surface area contributed by atoms with Crippen LogP contribution in [0.5, 0.6) is 0 Å². The summed E-state index contributed by atoms with van der Waals surface area (Å²) in [5.41, 5.74) is 0. The summed E-state index contributed by atoms with van der Waals surface area (Å²) in [4.78, 5) is 4.05. The van der Waals surface area contributed by atoms with Gasteiger partial charge in [0.1, 0.15) is 0 Å². The summed E-state index contributed by atoms with van der Waals surface area (Å²) in [5, 5.41) is 8.35. The molecule has 5 heteroatoms. The van der Waals surface area contributed by atoms with Gasteiger partial charge in [-0.15, -0.1) is 0 Å². The third kappa shape index (κ3) is 0.600. The van der Waals surface area contributed by atoms with Crippen molar-refractivity contribution >= 4 is 6.34 Å². The van der Waals surface area contributed by atoms with E-state index in [1.165, 1.54) is 0 Å². The van der Waals surface area contributed by atoms with Crippen molar-refractivity contribution in [1.29, 1.82) is 0 Å². The minimum Gasteiger partial charge on any atom is -0.0794 e. The Labute approximate surface area is 58.4 Å².